The van der Waals surface area contributed by atoms with E-state index in [1.54, 1.807) is 0 Å². The maximum atomic E-state index is 14.0. The van der Waals surface area contributed by atoms with Gasteiger partial charge in [-0.05, 0) is 0 Å². The minimum atomic E-state index is -6.16. The summed E-state index contributed by atoms with van der Waals surface area (Å²) in [6, 6.07) is 5.42. The molecule has 0 bridgehead atoms. The largest absolute Gasteiger partial charge is 0.753 e. The number of hydrogen-bond acceptors (Lipinski definition) is 3. The first-order chi connectivity index (χ1) is 8.02. The first-order valence-corrected chi connectivity index (χ1v) is 5.98. The predicted octanol–water partition coefficient (Wildman–Crippen LogP) is 3.22. The molecule has 0 radical (unpaired) electrons. The van der Waals surface area contributed by atoms with Gasteiger partial charge in [-0.25, -0.2) is 4.39 Å². The van der Waals surface area contributed by atoms with Gasteiger partial charge in [0, 0.05) is 5.56 Å². The molecule has 0 spiro atoms. The second-order valence-corrected chi connectivity index (χ2v) is 4.45. The fraction of sp³-hybridized carbons (Fsp3) is 0.333. The highest BCUT2D eigenvalue weighted by atomic mass is 31.2. The van der Waals surface area contributed by atoms with Crippen LogP contribution in [0.15, 0.2) is 30.3 Å². The van der Waals surface area contributed by atoms with Crippen molar-refractivity contribution in [3.05, 3.63) is 35.9 Å². The van der Waals surface area contributed by atoms with Crippen LogP contribution in [0.1, 0.15) is 12.0 Å². The lowest BCUT2D eigenvalue weighted by Crippen LogP contribution is -2.31. The van der Waals surface area contributed by atoms with E-state index in [1.807, 2.05) is 0 Å². The van der Waals surface area contributed by atoms with E-state index in [9.17, 15) is 31.2 Å². The topological polar surface area (TPSA) is 49.4 Å². The number of rotatable bonds is 4. The third-order valence-corrected chi connectivity index (χ3v) is 2.39. The Hall–Kier alpha value is -0.980. The Morgan fingerprint density at radius 3 is 2.06 bits per heavy atom. The molecule has 0 saturated carbocycles. The van der Waals surface area contributed by atoms with E-state index in [2.05, 4.69) is 4.52 Å². The van der Waals surface area contributed by atoms with E-state index in [-0.39, 0.29) is 0 Å². The van der Waals surface area contributed by atoms with Crippen molar-refractivity contribution in [3.63, 3.8) is 0 Å². The molecule has 0 aromatic heterocycles. The zero-order valence-corrected chi connectivity index (χ0v) is 9.55. The second kappa shape index (κ2) is 4.95. The van der Waals surface area contributed by atoms with Gasteiger partial charge in [0.2, 0.25) is 0 Å². The van der Waals surface area contributed by atoms with Crippen molar-refractivity contribution < 1.29 is 35.7 Å². The predicted molar refractivity (Wildman–Crippen MR) is 49.7 cm³/mol. The molecular weight excluding hydrogens is 282 g/mol. The first kappa shape index (κ1) is 15.1. The summed E-state index contributed by atoms with van der Waals surface area (Å²) < 4.78 is 76.4. The average Bonchev–Trinajstić information content (AvgIpc) is 2.13. The Kier molecular flexibility index (Phi) is 4.15. The first-order valence-electron chi connectivity index (χ1n) is 4.54. The van der Waals surface area contributed by atoms with Crippen LogP contribution in [-0.4, -0.2) is 6.18 Å². The van der Waals surface area contributed by atoms with Crippen molar-refractivity contribution in [2.24, 2.45) is 0 Å². The minimum absolute atomic E-state index is 0.740. The second-order valence-electron chi connectivity index (χ2n) is 3.41. The molecule has 1 rings (SSSR count). The van der Waals surface area contributed by atoms with Crippen molar-refractivity contribution >= 4 is 7.91 Å². The molecule has 2 atom stereocenters. The van der Waals surface area contributed by atoms with E-state index < -0.39 is 31.9 Å². The average molecular weight is 289 g/mol. The van der Waals surface area contributed by atoms with Crippen LogP contribution in [0.25, 0.3) is 0 Å². The quantitative estimate of drug-likeness (QED) is 0.631. The molecule has 0 fully saturated rings. The van der Waals surface area contributed by atoms with Crippen molar-refractivity contribution in [3.8, 4) is 0 Å². The van der Waals surface area contributed by atoms with Crippen LogP contribution in [0.5, 0.6) is 0 Å². The Balaban J connectivity index is 3.13. The summed E-state index contributed by atoms with van der Waals surface area (Å²) in [5.74, 6) is -3.81. The van der Waals surface area contributed by atoms with Gasteiger partial charge in [0.25, 0.3) is 5.85 Å². The monoisotopic (exact) mass is 289 g/mol. The van der Waals surface area contributed by atoms with Gasteiger partial charge in [-0.2, -0.15) is 17.4 Å². The van der Waals surface area contributed by atoms with E-state index in [1.165, 1.54) is 6.07 Å². The number of halogens is 5. The summed E-state index contributed by atoms with van der Waals surface area (Å²) >= 11 is 0. The third-order valence-electron chi connectivity index (χ3n) is 1.89. The summed E-state index contributed by atoms with van der Waals surface area (Å²) in [6.45, 7) is 0. The Bertz CT molecular complexity index is 443. The molecular formula is C9H7F5O3P-. The van der Waals surface area contributed by atoms with Crippen LogP contribution < -0.4 is 4.89 Å². The Morgan fingerprint density at radius 2 is 1.67 bits per heavy atom. The molecule has 0 saturated heterocycles. The summed E-state index contributed by atoms with van der Waals surface area (Å²) in [7, 11) is -6.16. The van der Waals surface area contributed by atoms with Gasteiger partial charge in [0.05, 0.1) is 0 Å². The van der Waals surface area contributed by atoms with Gasteiger partial charge in [-0.1, -0.05) is 30.3 Å². The van der Waals surface area contributed by atoms with Crippen LogP contribution in [0.4, 0.5) is 21.8 Å². The summed E-state index contributed by atoms with van der Waals surface area (Å²) in [5.41, 5.74) is -0.740. The minimum Gasteiger partial charge on any atom is -0.753 e. The molecule has 0 aliphatic rings. The Morgan fingerprint density at radius 1 is 1.17 bits per heavy atom. The number of alkyl halides is 4. The molecule has 0 aliphatic heterocycles. The molecule has 0 aliphatic carbocycles. The number of hydrogen-bond donors (Lipinski definition) is 0. The van der Waals surface area contributed by atoms with Crippen LogP contribution in [-0.2, 0) is 14.9 Å². The van der Waals surface area contributed by atoms with Crippen LogP contribution >= 0.6 is 7.91 Å². The molecule has 1 aromatic carbocycles. The molecule has 18 heavy (non-hydrogen) atoms. The molecule has 1 aromatic rings. The van der Waals surface area contributed by atoms with Crippen LogP contribution in [0.2, 0.25) is 0 Å². The SMILES string of the molecule is O=P([O-])(F)OC(F)(CC(F)(F)F)c1ccccc1. The van der Waals surface area contributed by atoms with Crippen molar-refractivity contribution in [2.45, 2.75) is 18.5 Å². The highest BCUT2D eigenvalue weighted by Gasteiger charge is 2.47. The molecule has 102 valence electrons. The lowest BCUT2D eigenvalue weighted by Gasteiger charge is -2.29. The summed E-state index contributed by atoms with van der Waals surface area (Å²) in [4.78, 5) is 10.2. The summed E-state index contributed by atoms with van der Waals surface area (Å²) in [6.07, 6.45) is -7.35. The van der Waals surface area contributed by atoms with Gasteiger partial charge in [-0.3, -0.25) is 9.09 Å². The lowest BCUT2D eigenvalue weighted by atomic mass is 10.0. The maximum Gasteiger partial charge on any atom is 0.394 e. The van der Waals surface area contributed by atoms with Crippen LogP contribution in [0, 0.1) is 0 Å². The smallest absolute Gasteiger partial charge is 0.394 e. The highest BCUT2D eigenvalue weighted by molar-refractivity contribution is 7.45. The normalized spacial score (nSPS) is 19.0. The van der Waals surface area contributed by atoms with Crippen molar-refractivity contribution in [2.75, 3.05) is 0 Å². The molecule has 0 amide bonds. The lowest BCUT2D eigenvalue weighted by molar-refractivity contribution is -0.258. The van der Waals surface area contributed by atoms with Gasteiger partial charge in [0.15, 0.2) is 0 Å². The van der Waals surface area contributed by atoms with E-state index in [4.69, 9.17) is 0 Å². The fourth-order valence-corrected chi connectivity index (χ4v) is 1.82. The third kappa shape index (κ3) is 4.72. The van der Waals surface area contributed by atoms with Gasteiger partial charge >= 0.3 is 14.1 Å². The van der Waals surface area contributed by atoms with Gasteiger partial charge in [-0.15, -0.1) is 0 Å². The highest BCUT2D eigenvalue weighted by Crippen LogP contribution is 2.51. The fourth-order valence-electron chi connectivity index (χ4n) is 1.30. The van der Waals surface area contributed by atoms with E-state index >= 15 is 0 Å². The Labute approximate surface area is 98.8 Å². The molecule has 3 nitrogen and oxygen atoms in total. The van der Waals surface area contributed by atoms with Crippen molar-refractivity contribution in [1.82, 2.24) is 0 Å². The maximum absolute atomic E-state index is 14.0. The molecule has 0 heterocycles. The number of benzene rings is 1. The van der Waals surface area contributed by atoms with Gasteiger partial charge < -0.3 is 4.89 Å². The van der Waals surface area contributed by atoms with E-state index in [0.717, 1.165) is 24.3 Å². The zero-order valence-electron chi connectivity index (χ0n) is 8.66. The zero-order chi connectivity index (χ0) is 14.0. The molecule has 0 N–H and O–H groups in total. The van der Waals surface area contributed by atoms with Gasteiger partial charge in [0.1, 0.15) is 6.42 Å². The molecule has 9 heteroatoms. The van der Waals surface area contributed by atoms with Crippen molar-refractivity contribution in [1.29, 1.82) is 0 Å². The standard InChI is InChI=1S/C9H8F5O3P/c10-8(6-9(11,12)13,17-18(14,15)16)7-4-2-1-3-5-7/h1-5H,6H2,(H,15,16)/p-1. The van der Waals surface area contributed by atoms with E-state index in [0.29, 0.717) is 0 Å². The summed E-state index contributed by atoms with van der Waals surface area (Å²) in [5, 5.41) is 0. The van der Waals surface area contributed by atoms with Crippen LogP contribution in [0.3, 0.4) is 0 Å². The molecule has 2 unspecified atom stereocenters.